The summed E-state index contributed by atoms with van der Waals surface area (Å²) in [4.78, 5) is 4.62. The van der Waals surface area contributed by atoms with Crippen LogP contribution in [-0.2, 0) is 7.05 Å². The van der Waals surface area contributed by atoms with Gasteiger partial charge in [0.25, 0.3) is 0 Å². The highest BCUT2D eigenvalue weighted by Gasteiger charge is 2.12. The van der Waals surface area contributed by atoms with Crippen LogP contribution in [0.5, 0.6) is 0 Å². The standard InChI is InChI=1S/C12H13N3/c1-8-9(2)15-11-7-5-4-6-10(11)13-12(15)14(8)3/h4-7H,1-3H3. The molecule has 2 aromatic heterocycles. The van der Waals surface area contributed by atoms with Crippen LogP contribution in [0.3, 0.4) is 0 Å². The molecular weight excluding hydrogens is 186 g/mol. The molecule has 0 radical (unpaired) electrons. The molecule has 0 aliphatic carbocycles. The second-order valence-corrected chi connectivity index (χ2v) is 3.97. The molecule has 0 spiro atoms. The highest BCUT2D eigenvalue weighted by Crippen LogP contribution is 2.21. The van der Waals surface area contributed by atoms with Gasteiger partial charge in [-0.05, 0) is 26.0 Å². The van der Waals surface area contributed by atoms with E-state index in [-0.39, 0.29) is 0 Å². The highest BCUT2D eigenvalue weighted by atomic mass is 15.2. The van der Waals surface area contributed by atoms with Gasteiger partial charge in [-0.15, -0.1) is 0 Å². The van der Waals surface area contributed by atoms with E-state index in [4.69, 9.17) is 0 Å². The predicted octanol–water partition coefficient (Wildman–Crippen LogP) is 2.44. The summed E-state index contributed by atoms with van der Waals surface area (Å²) in [6, 6.07) is 8.24. The molecule has 2 heterocycles. The Morgan fingerprint density at radius 3 is 2.60 bits per heavy atom. The SMILES string of the molecule is Cc1c(C)n2c3ccccc3nc2n1C. The van der Waals surface area contributed by atoms with Crippen LogP contribution in [0.15, 0.2) is 24.3 Å². The fourth-order valence-electron chi connectivity index (χ4n) is 2.12. The quantitative estimate of drug-likeness (QED) is 0.545. The van der Waals surface area contributed by atoms with Crippen molar-refractivity contribution in [2.45, 2.75) is 13.8 Å². The topological polar surface area (TPSA) is 22.2 Å². The Labute approximate surface area is 88.0 Å². The van der Waals surface area contributed by atoms with Crippen molar-refractivity contribution >= 4 is 16.8 Å². The van der Waals surface area contributed by atoms with E-state index in [0.717, 1.165) is 11.3 Å². The van der Waals surface area contributed by atoms with Crippen LogP contribution in [0, 0.1) is 13.8 Å². The van der Waals surface area contributed by atoms with Crippen LogP contribution < -0.4 is 0 Å². The summed E-state index contributed by atoms with van der Waals surface area (Å²) < 4.78 is 4.35. The zero-order valence-electron chi connectivity index (χ0n) is 9.15. The Morgan fingerprint density at radius 2 is 1.80 bits per heavy atom. The number of fused-ring (bicyclic) bond motifs is 3. The monoisotopic (exact) mass is 199 g/mol. The van der Waals surface area contributed by atoms with Gasteiger partial charge in [-0.2, -0.15) is 0 Å². The first-order valence-corrected chi connectivity index (χ1v) is 5.09. The maximum atomic E-state index is 4.62. The fourth-order valence-corrected chi connectivity index (χ4v) is 2.12. The average Bonchev–Trinajstić information content (AvgIpc) is 2.72. The third-order valence-corrected chi connectivity index (χ3v) is 3.21. The van der Waals surface area contributed by atoms with Crippen molar-refractivity contribution in [1.82, 2.24) is 14.0 Å². The summed E-state index contributed by atoms with van der Waals surface area (Å²) in [6.07, 6.45) is 0. The number of aryl methyl sites for hydroxylation is 2. The second-order valence-electron chi connectivity index (χ2n) is 3.97. The van der Waals surface area contributed by atoms with E-state index in [1.54, 1.807) is 0 Å². The molecule has 0 amide bonds. The molecule has 0 atom stereocenters. The minimum Gasteiger partial charge on any atom is -0.317 e. The lowest BCUT2D eigenvalue weighted by atomic mass is 10.3. The first kappa shape index (κ1) is 8.53. The largest absolute Gasteiger partial charge is 0.317 e. The van der Waals surface area contributed by atoms with Crippen molar-refractivity contribution in [2.24, 2.45) is 7.05 Å². The first-order valence-electron chi connectivity index (χ1n) is 5.09. The van der Waals surface area contributed by atoms with Crippen molar-refractivity contribution in [3.8, 4) is 0 Å². The number of hydrogen-bond acceptors (Lipinski definition) is 1. The molecule has 0 N–H and O–H groups in total. The molecule has 0 aliphatic rings. The number of aromatic nitrogens is 3. The molecule has 0 aliphatic heterocycles. The molecule has 3 rings (SSSR count). The summed E-state index contributed by atoms with van der Waals surface area (Å²) >= 11 is 0. The Hall–Kier alpha value is -1.77. The Kier molecular flexibility index (Phi) is 1.49. The van der Waals surface area contributed by atoms with E-state index in [9.17, 15) is 0 Å². The minimum atomic E-state index is 1.02. The normalized spacial score (nSPS) is 11.7. The second kappa shape index (κ2) is 2.63. The molecule has 0 bridgehead atoms. The van der Waals surface area contributed by atoms with E-state index in [0.29, 0.717) is 0 Å². The first-order chi connectivity index (χ1) is 7.20. The zero-order chi connectivity index (χ0) is 10.6. The molecular formula is C12H13N3. The number of para-hydroxylation sites is 2. The molecule has 15 heavy (non-hydrogen) atoms. The fraction of sp³-hybridized carbons (Fsp3) is 0.250. The number of nitrogens with zero attached hydrogens (tertiary/aromatic N) is 3. The van der Waals surface area contributed by atoms with Crippen molar-refractivity contribution in [3.05, 3.63) is 35.7 Å². The number of imidazole rings is 2. The van der Waals surface area contributed by atoms with E-state index in [1.807, 2.05) is 6.07 Å². The van der Waals surface area contributed by atoms with E-state index in [1.165, 1.54) is 16.9 Å². The van der Waals surface area contributed by atoms with E-state index in [2.05, 4.69) is 53.0 Å². The van der Waals surface area contributed by atoms with Crippen molar-refractivity contribution in [1.29, 1.82) is 0 Å². The van der Waals surface area contributed by atoms with Crippen LogP contribution in [0.2, 0.25) is 0 Å². The molecule has 0 unspecified atom stereocenters. The van der Waals surface area contributed by atoms with Gasteiger partial charge in [0.2, 0.25) is 5.78 Å². The van der Waals surface area contributed by atoms with Gasteiger partial charge < -0.3 is 4.57 Å². The molecule has 76 valence electrons. The Bertz CT molecular complexity index is 658. The molecule has 0 fully saturated rings. The summed E-state index contributed by atoms with van der Waals surface area (Å²) in [5.41, 5.74) is 4.78. The summed E-state index contributed by atoms with van der Waals surface area (Å²) in [5, 5.41) is 0. The smallest absolute Gasteiger partial charge is 0.215 e. The molecule has 1 aromatic carbocycles. The number of hydrogen-bond donors (Lipinski definition) is 0. The van der Waals surface area contributed by atoms with Crippen LogP contribution in [-0.4, -0.2) is 14.0 Å². The van der Waals surface area contributed by atoms with Gasteiger partial charge in [0.05, 0.1) is 11.0 Å². The maximum Gasteiger partial charge on any atom is 0.215 e. The van der Waals surface area contributed by atoms with Crippen LogP contribution in [0.1, 0.15) is 11.4 Å². The summed E-state index contributed by atoms with van der Waals surface area (Å²) in [6.45, 7) is 4.26. The van der Waals surface area contributed by atoms with Gasteiger partial charge in [-0.3, -0.25) is 4.40 Å². The van der Waals surface area contributed by atoms with E-state index < -0.39 is 0 Å². The van der Waals surface area contributed by atoms with Crippen LogP contribution in [0.4, 0.5) is 0 Å². The van der Waals surface area contributed by atoms with Crippen LogP contribution in [0.25, 0.3) is 16.8 Å². The van der Waals surface area contributed by atoms with Crippen molar-refractivity contribution in [2.75, 3.05) is 0 Å². The van der Waals surface area contributed by atoms with Gasteiger partial charge in [0.15, 0.2) is 0 Å². The summed E-state index contributed by atoms with van der Waals surface area (Å²) in [5.74, 6) is 1.02. The molecule has 3 heteroatoms. The maximum absolute atomic E-state index is 4.62. The van der Waals surface area contributed by atoms with Gasteiger partial charge in [-0.1, -0.05) is 12.1 Å². The third kappa shape index (κ3) is 0.923. The predicted molar refractivity (Wildman–Crippen MR) is 61.1 cm³/mol. The van der Waals surface area contributed by atoms with Crippen molar-refractivity contribution < 1.29 is 0 Å². The number of rotatable bonds is 0. The van der Waals surface area contributed by atoms with Crippen LogP contribution >= 0.6 is 0 Å². The minimum absolute atomic E-state index is 1.02. The third-order valence-electron chi connectivity index (χ3n) is 3.21. The number of benzene rings is 1. The Morgan fingerprint density at radius 1 is 1.07 bits per heavy atom. The molecule has 3 aromatic rings. The van der Waals surface area contributed by atoms with Gasteiger partial charge >= 0.3 is 0 Å². The van der Waals surface area contributed by atoms with Gasteiger partial charge in [0.1, 0.15) is 0 Å². The summed E-state index contributed by atoms with van der Waals surface area (Å²) in [7, 11) is 2.06. The lowest BCUT2D eigenvalue weighted by molar-refractivity contribution is 0.896. The zero-order valence-corrected chi connectivity index (χ0v) is 9.15. The highest BCUT2D eigenvalue weighted by molar-refractivity contribution is 5.80. The Balaban J connectivity index is 2.65. The van der Waals surface area contributed by atoms with Gasteiger partial charge in [0, 0.05) is 18.4 Å². The average molecular weight is 199 g/mol. The lowest BCUT2D eigenvalue weighted by Crippen LogP contribution is -1.91. The molecule has 0 saturated heterocycles. The lowest BCUT2D eigenvalue weighted by Gasteiger charge is -1.95. The van der Waals surface area contributed by atoms with E-state index >= 15 is 0 Å². The molecule has 3 nitrogen and oxygen atoms in total. The van der Waals surface area contributed by atoms with Gasteiger partial charge in [-0.25, -0.2) is 4.98 Å². The van der Waals surface area contributed by atoms with Crippen molar-refractivity contribution in [3.63, 3.8) is 0 Å². The molecule has 0 saturated carbocycles.